The first-order chi connectivity index (χ1) is 11.9. The monoisotopic (exact) mass is 392 g/mol. The van der Waals surface area contributed by atoms with Crippen molar-refractivity contribution in [1.82, 2.24) is 0 Å². The molecule has 25 heavy (non-hydrogen) atoms. The van der Waals surface area contributed by atoms with Crippen molar-refractivity contribution >= 4 is 39.6 Å². The van der Waals surface area contributed by atoms with Gasteiger partial charge in [0.25, 0.3) is 0 Å². The van der Waals surface area contributed by atoms with Crippen molar-refractivity contribution in [3.63, 3.8) is 0 Å². The first-order valence-electron chi connectivity index (χ1n) is 8.77. The Morgan fingerprint density at radius 1 is 0.920 bits per heavy atom. The van der Waals surface area contributed by atoms with Crippen molar-refractivity contribution in [2.45, 2.75) is 24.2 Å². The van der Waals surface area contributed by atoms with Crippen LogP contribution in [0.2, 0.25) is 17.3 Å². The Hall–Kier alpha value is -2.07. The number of rotatable bonds is 2. The molecular formula is C22H24GeNO+. The fourth-order valence-electron chi connectivity index (χ4n) is 3.49. The number of fused-ring (bicyclic) bond motifs is 3. The molecule has 2 aromatic heterocycles. The molecule has 0 aliphatic carbocycles. The summed E-state index contributed by atoms with van der Waals surface area (Å²) in [5.41, 5.74) is 5.65. The molecule has 4 rings (SSSR count). The second-order valence-electron chi connectivity index (χ2n) is 7.89. The van der Waals surface area contributed by atoms with Gasteiger partial charge in [0, 0.05) is 0 Å². The van der Waals surface area contributed by atoms with Gasteiger partial charge in [0.2, 0.25) is 0 Å². The van der Waals surface area contributed by atoms with E-state index in [-0.39, 0.29) is 0 Å². The van der Waals surface area contributed by atoms with Gasteiger partial charge in [-0.2, -0.15) is 0 Å². The summed E-state index contributed by atoms with van der Waals surface area (Å²) in [4.78, 5) is 0. The molecule has 0 fully saturated rings. The molecule has 0 aliphatic rings. The van der Waals surface area contributed by atoms with Gasteiger partial charge in [0.1, 0.15) is 0 Å². The summed E-state index contributed by atoms with van der Waals surface area (Å²) in [6.07, 6.45) is 2.20. The van der Waals surface area contributed by atoms with Gasteiger partial charge in [0.15, 0.2) is 0 Å². The van der Waals surface area contributed by atoms with Gasteiger partial charge < -0.3 is 0 Å². The van der Waals surface area contributed by atoms with Crippen LogP contribution in [0.5, 0.6) is 0 Å². The molecule has 0 spiro atoms. The molecular weight excluding hydrogens is 367 g/mol. The zero-order valence-electron chi connectivity index (χ0n) is 15.6. The van der Waals surface area contributed by atoms with Crippen LogP contribution in [0, 0.1) is 6.92 Å². The Balaban J connectivity index is 2.09. The second-order valence-corrected chi connectivity index (χ2v) is 18.5. The van der Waals surface area contributed by atoms with Crippen LogP contribution in [0.1, 0.15) is 5.56 Å². The van der Waals surface area contributed by atoms with Gasteiger partial charge in [-0.3, -0.25) is 0 Å². The maximum absolute atomic E-state index is 6.30. The van der Waals surface area contributed by atoms with Crippen molar-refractivity contribution < 1.29 is 8.98 Å². The molecule has 2 heterocycles. The van der Waals surface area contributed by atoms with E-state index < -0.39 is 13.3 Å². The fourth-order valence-corrected chi connectivity index (χ4v) is 5.89. The molecule has 0 radical (unpaired) electrons. The number of hydrogen-bond acceptors (Lipinski definition) is 1. The number of aryl methyl sites for hydroxylation is 2. The van der Waals surface area contributed by atoms with E-state index in [9.17, 15) is 0 Å². The van der Waals surface area contributed by atoms with E-state index in [0.29, 0.717) is 0 Å². The van der Waals surface area contributed by atoms with Crippen LogP contribution in [-0.4, -0.2) is 13.3 Å². The normalized spacial score (nSPS) is 12.2. The Kier molecular flexibility index (Phi) is 3.76. The second kappa shape index (κ2) is 5.74. The van der Waals surface area contributed by atoms with E-state index in [1.54, 1.807) is 0 Å². The Labute approximate surface area is 151 Å². The topological polar surface area (TPSA) is 17.0 Å². The van der Waals surface area contributed by atoms with Gasteiger partial charge in [-0.05, 0) is 0 Å². The average Bonchev–Trinajstić information content (AvgIpc) is 2.93. The third-order valence-electron chi connectivity index (χ3n) is 5.03. The van der Waals surface area contributed by atoms with Gasteiger partial charge in [-0.25, -0.2) is 0 Å². The van der Waals surface area contributed by atoms with E-state index in [4.69, 9.17) is 4.42 Å². The summed E-state index contributed by atoms with van der Waals surface area (Å²) in [6, 6.07) is 17.4. The third-order valence-corrected chi connectivity index (χ3v) is 9.31. The van der Waals surface area contributed by atoms with Crippen molar-refractivity contribution in [3.8, 4) is 11.3 Å². The van der Waals surface area contributed by atoms with Crippen LogP contribution < -0.4 is 8.96 Å². The molecule has 2 aromatic carbocycles. The van der Waals surface area contributed by atoms with E-state index in [2.05, 4.69) is 84.5 Å². The number of para-hydroxylation sites is 1. The standard InChI is InChI=1S/C22H24GeNO/c1-15-10-11-18-17-8-6-7-9-20(17)25-22(18)21(15)19-14-16(23(2,3)4)12-13-24(19)5/h6-14H,1-5H3/q+1. The molecule has 3 heteroatoms. The first-order valence-corrected chi connectivity index (χ1v) is 16.1. The quantitative estimate of drug-likeness (QED) is 0.350. The van der Waals surface area contributed by atoms with Crippen LogP contribution in [0.3, 0.4) is 0 Å². The molecule has 0 bridgehead atoms. The van der Waals surface area contributed by atoms with Crippen molar-refractivity contribution in [1.29, 1.82) is 0 Å². The molecule has 0 aliphatic heterocycles. The van der Waals surface area contributed by atoms with Crippen molar-refractivity contribution in [2.24, 2.45) is 7.05 Å². The Morgan fingerprint density at radius 3 is 2.44 bits per heavy atom. The van der Waals surface area contributed by atoms with E-state index in [1.807, 2.05) is 6.07 Å². The predicted octanol–water partition coefficient (Wildman–Crippen LogP) is 4.93. The average molecular weight is 391 g/mol. The first kappa shape index (κ1) is 16.4. The summed E-state index contributed by atoms with van der Waals surface area (Å²) in [7, 11) is 2.12. The van der Waals surface area contributed by atoms with Crippen molar-refractivity contribution in [2.75, 3.05) is 0 Å². The van der Waals surface area contributed by atoms with E-state index >= 15 is 0 Å². The van der Waals surface area contributed by atoms with Gasteiger partial charge in [-0.1, -0.05) is 0 Å². The van der Waals surface area contributed by atoms with Gasteiger partial charge >= 0.3 is 151 Å². The number of nitrogens with zero attached hydrogens (tertiary/aromatic N) is 1. The van der Waals surface area contributed by atoms with Gasteiger partial charge in [-0.15, -0.1) is 0 Å². The third kappa shape index (κ3) is 2.69. The van der Waals surface area contributed by atoms with Crippen LogP contribution >= 0.6 is 0 Å². The minimum absolute atomic E-state index is 0.955. The van der Waals surface area contributed by atoms with Crippen molar-refractivity contribution in [3.05, 3.63) is 60.3 Å². The molecule has 0 unspecified atom stereocenters. The molecule has 4 aromatic rings. The molecule has 2 nitrogen and oxygen atoms in total. The molecule has 0 amide bonds. The van der Waals surface area contributed by atoms with Crippen LogP contribution in [0.4, 0.5) is 0 Å². The number of furan rings is 1. The molecule has 0 saturated carbocycles. The summed E-state index contributed by atoms with van der Waals surface area (Å²) >= 11 is -1.90. The predicted molar refractivity (Wildman–Crippen MR) is 108 cm³/mol. The number of hydrogen-bond donors (Lipinski definition) is 0. The fraction of sp³-hybridized carbons (Fsp3) is 0.227. The molecule has 0 N–H and O–H groups in total. The van der Waals surface area contributed by atoms with E-state index in [1.165, 1.54) is 32.0 Å². The van der Waals surface area contributed by atoms with Crippen LogP contribution in [0.15, 0.2) is 59.1 Å². The zero-order chi connectivity index (χ0) is 17.8. The molecule has 0 atom stereocenters. The molecule has 0 saturated heterocycles. The Morgan fingerprint density at radius 2 is 1.68 bits per heavy atom. The minimum atomic E-state index is -1.90. The Bertz CT molecular complexity index is 1100. The summed E-state index contributed by atoms with van der Waals surface area (Å²) in [6.45, 7) is 2.17. The van der Waals surface area contributed by atoms with Crippen LogP contribution in [-0.2, 0) is 7.05 Å². The van der Waals surface area contributed by atoms with E-state index in [0.717, 1.165) is 11.2 Å². The van der Waals surface area contributed by atoms with Gasteiger partial charge in [0.05, 0.1) is 0 Å². The summed E-state index contributed by atoms with van der Waals surface area (Å²) < 4.78 is 10.0. The summed E-state index contributed by atoms with van der Waals surface area (Å²) in [5, 5.41) is 2.38. The number of benzene rings is 2. The number of aromatic nitrogens is 1. The summed E-state index contributed by atoms with van der Waals surface area (Å²) in [5.74, 6) is 7.31. The van der Waals surface area contributed by atoms with Crippen LogP contribution in [0.25, 0.3) is 33.2 Å². The molecule has 126 valence electrons. The SMILES string of the molecule is Cc1ccc2c(oc3ccccc32)c1-c1c[c]([Ge]([CH3])([CH3])[CH3])cc[n+]1C. The zero-order valence-corrected chi connectivity index (χ0v) is 17.6. The number of pyridine rings is 1. The maximum atomic E-state index is 6.30.